The van der Waals surface area contributed by atoms with Crippen molar-refractivity contribution in [3.63, 3.8) is 0 Å². The maximum Gasteiger partial charge on any atom is 0.0541 e. The van der Waals surface area contributed by atoms with Gasteiger partial charge in [0, 0.05) is 38.3 Å². The summed E-state index contributed by atoms with van der Waals surface area (Å²) in [7, 11) is 0. The molecule has 0 amide bonds. The fourth-order valence-corrected chi connectivity index (χ4v) is 9.80. The molecule has 2 nitrogen and oxygen atoms in total. The summed E-state index contributed by atoms with van der Waals surface area (Å²) in [6.07, 6.45) is 9.06. The van der Waals surface area contributed by atoms with Gasteiger partial charge in [-0.3, -0.25) is 0 Å². The molecular formula is C59H48N2. The van der Waals surface area contributed by atoms with Crippen LogP contribution in [0.2, 0.25) is 0 Å². The van der Waals surface area contributed by atoms with Crippen LogP contribution in [0.25, 0.3) is 90.4 Å². The van der Waals surface area contributed by atoms with E-state index in [1.165, 1.54) is 105 Å². The molecule has 294 valence electrons. The minimum Gasteiger partial charge on any atom is -0.309 e. The van der Waals surface area contributed by atoms with Gasteiger partial charge in [0.2, 0.25) is 0 Å². The van der Waals surface area contributed by atoms with Gasteiger partial charge < -0.3 is 9.13 Å². The molecule has 2 heterocycles. The first-order valence-electron chi connectivity index (χ1n) is 21.5. The molecule has 0 N–H and O–H groups in total. The molecule has 0 spiro atoms. The average molecular weight is 785 g/mol. The van der Waals surface area contributed by atoms with Crippen molar-refractivity contribution in [3.05, 3.63) is 215 Å². The van der Waals surface area contributed by atoms with Crippen LogP contribution < -0.4 is 0 Å². The Hall–Kier alpha value is -7.16. The number of para-hydroxylation sites is 3. The van der Waals surface area contributed by atoms with Crippen molar-refractivity contribution in [3.8, 4) is 22.5 Å². The molecule has 0 unspecified atom stereocenters. The Balaban J connectivity index is 0.871. The zero-order valence-electron chi connectivity index (χ0n) is 35.4. The van der Waals surface area contributed by atoms with Crippen molar-refractivity contribution in [2.75, 3.05) is 0 Å². The van der Waals surface area contributed by atoms with E-state index in [2.05, 4.69) is 244 Å². The highest BCUT2D eigenvalue weighted by Crippen LogP contribution is 2.49. The summed E-state index contributed by atoms with van der Waals surface area (Å²) in [5, 5.41) is 5.07. The second kappa shape index (κ2) is 14.0. The van der Waals surface area contributed by atoms with Crippen LogP contribution in [0.15, 0.2) is 176 Å². The molecule has 0 radical (unpaired) electrons. The van der Waals surface area contributed by atoms with Crippen LogP contribution in [0.4, 0.5) is 0 Å². The first-order valence-corrected chi connectivity index (χ1v) is 21.5. The number of hydrogen-bond acceptors (Lipinski definition) is 0. The zero-order valence-corrected chi connectivity index (χ0v) is 35.4. The molecule has 0 bridgehead atoms. The Labute approximate surface area is 358 Å². The fraction of sp³-hybridized carbons (Fsp3) is 0.119. The largest absolute Gasteiger partial charge is 0.309 e. The fourth-order valence-electron chi connectivity index (χ4n) is 9.80. The molecule has 0 atom stereocenters. The lowest BCUT2D eigenvalue weighted by atomic mass is 9.81. The Morgan fingerprint density at radius 1 is 0.377 bits per heavy atom. The lowest BCUT2D eigenvalue weighted by Gasteiger charge is -2.22. The minimum absolute atomic E-state index is 0.117. The van der Waals surface area contributed by atoms with E-state index in [0.29, 0.717) is 0 Å². The molecule has 1 aliphatic rings. The summed E-state index contributed by atoms with van der Waals surface area (Å²) in [6, 6.07) is 64.9. The quantitative estimate of drug-likeness (QED) is 0.149. The van der Waals surface area contributed by atoms with Gasteiger partial charge in [0.15, 0.2) is 0 Å². The van der Waals surface area contributed by atoms with Crippen LogP contribution in [-0.2, 0) is 10.8 Å². The Morgan fingerprint density at radius 3 is 1.25 bits per heavy atom. The van der Waals surface area contributed by atoms with E-state index in [0.717, 1.165) is 0 Å². The van der Waals surface area contributed by atoms with Gasteiger partial charge >= 0.3 is 0 Å². The van der Waals surface area contributed by atoms with E-state index >= 15 is 0 Å². The maximum absolute atomic E-state index is 2.40. The summed E-state index contributed by atoms with van der Waals surface area (Å²) < 4.78 is 4.77. The van der Waals surface area contributed by atoms with Gasteiger partial charge in [0.25, 0.3) is 0 Å². The molecule has 10 aromatic rings. The predicted octanol–water partition coefficient (Wildman–Crippen LogP) is 15.8. The first kappa shape index (κ1) is 36.9. The van der Waals surface area contributed by atoms with Gasteiger partial charge in [-0.2, -0.15) is 0 Å². The van der Waals surface area contributed by atoms with Crippen molar-refractivity contribution in [1.82, 2.24) is 9.13 Å². The molecular weight excluding hydrogens is 737 g/mol. The lowest BCUT2D eigenvalue weighted by Crippen LogP contribution is -2.15. The topological polar surface area (TPSA) is 9.86 Å². The van der Waals surface area contributed by atoms with E-state index in [-0.39, 0.29) is 10.8 Å². The SMILES string of the molecule is CC(C)(C)c1ccc(-n2c3ccccc3c3cc(C=Cc4ccc5c(c4)C(C)(C)c4cc(C=Cc6ccc7c(c6)c6ccccc6n7-c6ccccc6)ccc4-5)ccc32)cc1. The monoisotopic (exact) mass is 784 g/mol. The highest BCUT2D eigenvalue weighted by atomic mass is 15.0. The van der Waals surface area contributed by atoms with Crippen LogP contribution in [0.3, 0.4) is 0 Å². The smallest absolute Gasteiger partial charge is 0.0541 e. The number of aromatic nitrogens is 2. The van der Waals surface area contributed by atoms with Crippen LogP contribution >= 0.6 is 0 Å². The lowest BCUT2D eigenvalue weighted by molar-refractivity contribution is 0.590. The van der Waals surface area contributed by atoms with Gasteiger partial charge in [-0.1, -0.05) is 174 Å². The van der Waals surface area contributed by atoms with Crippen LogP contribution in [0, 0.1) is 0 Å². The molecule has 0 fully saturated rings. The third kappa shape index (κ3) is 6.17. The molecule has 11 rings (SSSR count). The van der Waals surface area contributed by atoms with E-state index in [1.807, 2.05) is 0 Å². The molecule has 0 saturated heterocycles. The van der Waals surface area contributed by atoms with Crippen molar-refractivity contribution < 1.29 is 0 Å². The van der Waals surface area contributed by atoms with E-state index in [9.17, 15) is 0 Å². The van der Waals surface area contributed by atoms with Crippen molar-refractivity contribution in [2.24, 2.45) is 0 Å². The third-order valence-corrected chi connectivity index (χ3v) is 13.1. The first-order chi connectivity index (χ1) is 29.6. The van der Waals surface area contributed by atoms with Crippen LogP contribution in [-0.4, -0.2) is 9.13 Å². The highest BCUT2D eigenvalue weighted by Gasteiger charge is 2.35. The van der Waals surface area contributed by atoms with Crippen molar-refractivity contribution in [2.45, 2.75) is 45.4 Å². The van der Waals surface area contributed by atoms with Gasteiger partial charge in [0.05, 0.1) is 22.1 Å². The van der Waals surface area contributed by atoms with Crippen molar-refractivity contribution >= 4 is 67.9 Å². The maximum atomic E-state index is 2.40. The molecule has 2 aromatic heterocycles. The second-order valence-electron chi connectivity index (χ2n) is 18.3. The summed E-state index contributed by atoms with van der Waals surface area (Å²) in [5.41, 5.74) is 18.8. The van der Waals surface area contributed by atoms with E-state index in [4.69, 9.17) is 0 Å². The minimum atomic E-state index is -0.123. The Morgan fingerprint density at radius 2 is 0.770 bits per heavy atom. The average Bonchev–Trinajstić information content (AvgIpc) is 3.87. The summed E-state index contributed by atoms with van der Waals surface area (Å²) in [4.78, 5) is 0. The van der Waals surface area contributed by atoms with Crippen LogP contribution in [0.1, 0.15) is 73.6 Å². The molecule has 0 aliphatic heterocycles. The Kier molecular flexibility index (Phi) is 8.44. The molecule has 2 heteroatoms. The van der Waals surface area contributed by atoms with Crippen LogP contribution in [0.5, 0.6) is 0 Å². The van der Waals surface area contributed by atoms with E-state index in [1.54, 1.807) is 0 Å². The molecule has 0 saturated carbocycles. The number of nitrogens with zero attached hydrogens (tertiary/aromatic N) is 2. The second-order valence-corrected chi connectivity index (χ2v) is 18.3. The van der Waals surface area contributed by atoms with E-state index < -0.39 is 0 Å². The third-order valence-electron chi connectivity index (χ3n) is 13.1. The number of benzene rings is 8. The summed E-state index contributed by atoms with van der Waals surface area (Å²) in [6.45, 7) is 11.5. The summed E-state index contributed by atoms with van der Waals surface area (Å²) >= 11 is 0. The molecule has 1 aliphatic carbocycles. The number of hydrogen-bond donors (Lipinski definition) is 0. The zero-order chi connectivity index (χ0) is 41.5. The standard InChI is InChI=1S/C59H48N2/c1-58(2,3)43-27-29-45(30-28-43)61-55-18-12-10-16-49(55)51-36-40(26-34-57(51)61)20-22-42-24-32-47-46-31-23-41(37-52(46)59(4,5)53(47)38-42)21-19-39-25-33-56-50(35-39)48-15-9-11-17-54(48)60(56)44-13-7-6-8-14-44/h6-38H,1-5H3. The number of fused-ring (bicyclic) bond motifs is 9. The van der Waals surface area contributed by atoms with Gasteiger partial charge in [-0.25, -0.2) is 0 Å². The van der Waals surface area contributed by atoms with Gasteiger partial charge in [0.1, 0.15) is 0 Å². The predicted molar refractivity (Wildman–Crippen MR) is 262 cm³/mol. The summed E-state index contributed by atoms with van der Waals surface area (Å²) in [5.74, 6) is 0. The van der Waals surface area contributed by atoms with Crippen molar-refractivity contribution in [1.29, 1.82) is 0 Å². The highest BCUT2D eigenvalue weighted by molar-refractivity contribution is 6.11. The Bertz CT molecular complexity index is 3400. The van der Waals surface area contributed by atoms with Gasteiger partial charge in [-0.05, 0) is 116 Å². The van der Waals surface area contributed by atoms with Gasteiger partial charge in [-0.15, -0.1) is 0 Å². The molecule has 8 aromatic carbocycles. The number of rotatable bonds is 6. The normalized spacial score (nSPS) is 13.7. The molecule has 61 heavy (non-hydrogen) atoms.